The summed E-state index contributed by atoms with van der Waals surface area (Å²) in [6.07, 6.45) is -3.51. The minimum Gasteiger partial charge on any atom is -0.398 e. The Bertz CT molecular complexity index is 830. The lowest BCUT2D eigenvalue weighted by molar-refractivity contribution is 0.105. The first-order chi connectivity index (χ1) is 13.6. The molecular formula is C21H32N4O4. The third kappa shape index (κ3) is 4.91. The molecule has 2 aromatic rings. The third-order valence-corrected chi connectivity index (χ3v) is 4.90. The summed E-state index contributed by atoms with van der Waals surface area (Å²) in [6, 6.07) is 8.86. The number of nitrogens with two attached hydrogens (primary N) is 2. The zero-order valence-electron chi connectivity index (χ0n) is 17.3. The highest BCUT2D eigenvalue weighted by atomic mass is 16.3. The Hall–Kier alpha value is -2.52. The minimum absolute atomic E-state index is 0.251. The van der Waals surface area contributed by atoms with Gasteiger partial charge in [0.1, 0.15) is 12.5 Å². The smallest absolute Gasteiger partial charge is 0.126 e. The van der Waals surface area contributed by atoms with Crippen LogP contribution in [0, 0.1) is 0 Å². The van der Waals surface area contributed by atoms with Crippen LogP contribution in [0.2, 0.25) is 0 Å². The molecule has 9 N–H and O–H groups in total. The first-order valence-electron chi connectivity index (χ1n) is 9.60. The topological polar surface area (TPSA) is 148 Å². The number of anilines is 4. The third-order valence-electron chi connectivity index (χ3n) is 4.90. The summed E-state index contributed by atoms with van der Waals surface area (Å²) in [5.74, 6) is 0. The van der Waals surface area contributed by atoms with E-state index in [0.29, 0.717) is 39.4 Å². The molecular weight excluding hydrogens is 372 g/mol. The molecule has 0 saturated carbocycles. The number of nitrogen functional groups attached to an aromatic ring is 2. The maximum Gasteiger partial charge on any atom is 0.126 e. The second-order valence-corrected chi connectivity index (χ2v) is 7.25. The van der Waals surface area contributed by atoms with E-state index in [2.05, 4.69) is 5.32 Å². The Balaban J connectivity index is 2.45. The molecule has 0 spiro atoms. The number of hydrogen-bond donors (Lipinski definition) is 7. The summed E-state index contributed by atoms with van der Waals surface area (Å²) >= 11 is 0. The molecule has 0 saturated heterocycles. The van der Waals surface area contributed by atoms with Gasteiger partial charge in [0.25, 0.3) is 0 Å². The van der Waals surface area contributed by atoms with Crippen molar-refractivity contribution in [1.82, 2.24) is 0 Å². The molecule has 0 aliphatic heterocycles. The molecule has 0 bridgehead atoms. The number of nitrogens with zero attached hydrogens (tertiary/aromatic N) is 1. The van der Waals surface area contributed by atoms with E-state index >= 15 is 0 Å². The van der Waals surface area contributed by atoms with Crippen LogP contribution in [-0.4, -0.2) is 32.9 Å². The Labute approximate surface area is 171 Å². The lowest BCUT2D eigenvalue weighted by atomic mass is 9.93. The van der Waals surface area contributed by atoms with Crippen molar-refractivity contribution < 1.29 is 20.4 Å². The highest BCUT2D eigenvalue weighted by molar-refractivity contribution is 5.72. The van der Waals surface area contributed by atoms with Gasteiger partial charge >= 0.3 is 0 Å². The lowest BCUT2D eigenvalue weighted by Crippen LogP contribution is -2.40. The van der Waals surface area contributed by atoms with Crippen molar-refractivity contribution >= 4 is 22.7 Å². The van der Waals surface area contributed by atoms with Crippen LogP contribution in [0.5, 0.6) is 0 Å². The first-order valence-corrected chi connectivity index (χ1v) is 9.60. The largest absolute Gasteiger partial charge is 0.398 e. The van der Waals surface area contributed by atoms with Gasteiger partial charge in [-0.2, -0.15) is 0 Å². The van der Waals surface area contributed by atoms with Gasteiger partial charge in [-0.15, -0.1) is 0 Å². The quantitative estimate of drug-likeness (QED) is 0.261. The summed E-state index contributed by atoms with van der Waals surface area (Å²) in [5.41, 5.74) is 16.0. The second kappa shape index (κ2) is 9.32. The van der Waals surface area contributed by atoms with Crippen LogP contribution < -0.4 is 21.7 Å². The Morgan fingerprint density at radius 1 is 0.931 bits per heavy atom. The summed E-state index contributed by atoms with van der Waals surface area (Å²) < 4.78 is 0. The fourth-order valence-corrected chi connectivity index (χ4v) is 3.57. The number of nitrogens with one attached hydrogen (secondary N) is 1. The van der Waals surface area contributed by atoms with E-state index in [4.69, 9.17) is 11.5 Å². The molecule has 0 aromatic heterocycles. The average molecular weight is 405 g/mol. The van der Waals surface area contributed by atoms with E-state index in [9.17, 15) is 20.4 Å². The van der Waals surface area contributed by atoms with Crippen LogP contribution in [0.15, 0.2) is 30.3 Å². The van der Waals surface area contributed by atoms with Gasteiger partial charge < -0.3 is 42.1 Å². The van der Waals surface area contributed by atoms with E-state index in [1.165, 1.54) is 4.90 Å². The number of aliphatic hydroxyl groups excluding tert-OH is 4. The van der Waals surface area contributed by atoms with E-state index in [1.54, 1.807) is 39.8 Å². The van der Waals surface area contributed by atoms with Crippen LogP contribution in [0.25, 0.3) is 0 Å². The van der Waals surface area contributed by atoms with Crippen molar-refractivity contribution in [2.75, 3.05) is 21.7 Å². The van der Waals surface area contributed by atoms with Gasteiger partial charge in [-0.1, -0.05) is 12.1 Å². The SMILES string of the molecule is CC(O)c1cc(N)c(CNc2ccccc2N(C(C)O)C(C)O)c(C(C)O)c1N. The van der Waals surface area contributed by atoms with E-state index < -0.39 is 24.7 Å². The molecule has 2 aromatic carbocycles. The van der Waals surface area contributed by atoms with E-state index in [-0.39, 0.29) is 6.54 Å². The average Bonchev–Trinajstić information content (AvgIpc) is 2.61. The van der Waals surface area contributed by atoms with Crippen molar-refractivity contribution in [1.29, 1.82) is 0 Å². The minimum atomic E-state index is -0.906. The monoisotopic (exact) mass is 404 g/mol. The number of benzene rings is 2. The number of aliphatic hydroxyl groups is 4. The molecule has 29 heavy (non-hydrogen) atoms. The number of para-hydroxylation sites is 2. The Kier molecular flexibility index (Phi) is 7.32. The fourth-order valence-electron chi connectivity index (χ4n) is 3.57. The van der Waals surface area contributed by atoms with Gasteiger partial charge in [0.15, 0.2) is 0 Å². The predicted octanol–water partition coefficient (Wildman–Crippen LogP) is 2.05. The Morgan fingerprint density at radius 3 is 2.03 bits per heavy atom. The lowest BCUT2D eigenvalue weighted by Gasteiger charge is -2.32. The molecule has 0 aliphatic carbocycles. The second-order valence-electron chi connectivity index (χ2n) is 7.25. The van der Waals surface area contributed by atoms with Crippen molar-refractivity contribution in [3.05, 3.63) is 47.0 Å². The molecule has 0 fully saturated rings. The zero-order valence-corrected chi connectivity index (χ0v) is 17.3. The predicted molar refractivity (Wildman–Crippen MR) is 116 cm³/mol. The highest BCUT2D eigenvalue weighted by Gasteiger charge is 2.22. The van der Waals surface area contributed by atoms with Gasteiger partial charge in [0.05, 0.1) is 23.6 Å². The molecule has 2 rings (SSSR count). The van der Waals surface area contributed by atoms with Crippen LogP contribution in [0.4, 0.5) is 22.7 Å². The summed E-state index contributed by atoms with van der Waals surface area (Å²) in [7, 11) is 0. The maximum absolute atomic E-state index is 10.3. The highest BCUT2D eigenvalue weighted by Crippen LogP contribution is 2.36. The van der Waals surface area contributed by atoms with Crippen LogP contribution in [0.1, 0.15) is 56.6 Å². The molecule has 160 valence electrons. The zero-order chi connectivity index (χ0) is 21.9. The van der Waals surface area contributed by atoms with Crippen molar-refractivity contribution in [2.24, 2.45) is 0 Å². The summed E-state index contributed by atoms with van der Waals surface area (Å²) in [5, 5.41) is 43.6. The Morgan fingerprint density at radius 2 is 1.52 bits per heavy atom. The molecule has 4 atom stereocenters. The van der Waals surface area contributed by atoms with Crippen LogP contribution in [-0.2, 0) is 6.54 Å². The summed E-state index contributed by atoms with van der Waals surface area (Å²) in [6.45, 7) is 6.58. The number of rotatable bonds is 8. The van der Waals surface area contributed by atoms with Crippen molar-refractivity contribution in [3.8, 4) is 0 Å². The first kappa shape index (κ1) is 22.8. The van der Waals surface area contributed by atoms with E-state index in [1.807, 2.05) is 18.2 Å². The van der Waals surface area contributed by atoms with Crippen molar-refractivity contribution in [2.45, 2.75) is 58.9 Å². The van der Waals surface area contributed by atoms with Gasteiger partial charge in [0.2, 0.25) is 0 Å². The maximum atomic E-state index is 10.3. The summed E-state index contributed by atoms with van der Waals surface area (Å²) in [4.78, 5) is 1.46. The van der Waals surface area contributed by atoms with Gasteiger partial charge in [0, 0.05) is 34.6 Å². The number of hydrogen-bond acceptors (Lipinski definition) is 8. The molecule has 4 unspecified atom stereocenters. The van der Waals surface area contributed by atoms with Crippen LogP contribution in [0.3, 0.4) is 0 Å². The normalized spacial score (nSPS) is 15.4. The molecule has 0 radical (unpaired) electrons. The molecule has 0 aliphatic rings. The molecule has 8 nitrogen and oxygen atoms in total. The molecule has 8 heteroatoms. The molecule has 0 amide bonds. The fraction of sp³-hybridized carbons (Fsp3) is 0.429. The van der Waals surface area contributed by atoms with Gasteiger partial charge in [-0.05, 0) is 45.9 Å². The molecule has 0 heterocycles. The van der Waals surface area contributed by atoms with Gasteiger partial charge in [-0.25, -0.2) is 0 Å². The standard InChI is InChI=1S/C21H32N4O4/c1-11(26)15-9-17(22)16(20(12(2)27)21(15)23)10-24-18-7-5-6-8-19(18)25(13(3)28)14(4)29/h5-9,11-14,24,26-29H,10,22-23H2,1-4H3. The van der Waals surface area contributed by atoms with Crippen molar-refractivity contribution in [3.63, 3.8) is 0 Å². The van der Waals surface area contributed by atoms with Gasteiger partial charge in [-0.3, -0.25) is 0 Å². The van der Waals surface area contributed by atoms with Crippen LogP contribution >= 0.6 is 0 Å². The van der Waals surface area contributed by atoms with E-state index in [0.717, 1.165) is 0 Å².